The summed E-state index contributed by atoms with van der Waals surface area (Å²) in [6.07, 6.45) is 1.06. The summed E-state index contributed by atoms with van der Waals surface area (Å²) in [5, 5.41) is 5.20. The molecule has 1 aromatic carbocycles. The average molecular weight is 434 g/mol. The van der Waals surface area contributed by atoms with Gasteiger partial charge in [-0.05, 0) is 50.0 Å². The predicted octanol–water partition coefficient (Wildman–Crippen LogP) is -0.0277. The third-order valence-corrected chi connectivity index (χ3v) is 6.08. The lowest BCUT2D eigenvalue weighted by atomic mass is 10.1. The van der Waals surface area contributed by atoms with E-state index in [9.17, 15) is 4.79 Å². The molecule has 2 rings (SSSR count). The maximum atomic E-state index is 12.8. The van der Waals surface area contributed by atoms with Crippen LogP contribution in [0, 0.1) is 6.92 Å². The van der Waals surface area contributed by atoms with E-state index in [-0.39, 0.29) is 5.56 Å². The number of fused-ring (bicyclic) bond motifs is 1. The molecular weight excluding hydrogens is 394 g/mol. The van der Waals surface area contributed by atoms with Gasteiger partial charge in [0.2, 0.25) is 0 Å². The summed E-state index contributed by atoms with van der Waals surface area (Å²) < 4.78 is 0. The highest BCUT2D eigenvalue weighted by Gasteiger charge is 2.16. The molecule has 0 atom stereocenters. The van der Waals surface area contributed by atoms with Crippen LogP contribution in [0.15, 0.2) is 29.1 Å². The number of nitrogens with zero attached hydrogens (tertiary/aromatic N) is 1. The summed E-state index contributed by atoms with van der Waals surface area (Å²) in [5.74, 6) is 0. The number of likely N-dealkylation sites (N-methyl/N-ethyl adjacent to an activating group) is 1. The smallest absolute Gasteiger partial charge is 0.253 e. The first-order valence-electron chi connectivity index (χ1n) is 11.1. The summed E-state index contributed by atoms with van der Waals surface area (Å²) in [6.45, 7) is 12.9. The Balaban J connectivity index is 2.17. The van der Waals surface area contributed by atoms with E-state index < -0.39 is 0 Å². The second kappa shape index (κ2) is 12.0. The van der Waals surface area contributed by atoms with Gasteiger partial charge >= 0.3 is 0 Å². The average Bonchev–Trinajstić information content (AvgIpc) is 2.71. The van der Waals surface area contributed by atoms with Crippen LogP contribution in [0.25, 0.3) is 10.9 Å². The number of benzene rings is 1. The number of nitrogens with one attached hydrogen (secondary N) is 4. The van der Waals surface area contributed by atoms with Crippen molar-refractivity contribution < 1.29 is 9.80 Å². The SMILES string of the molecule is CC[NH+](CC)CCN(Cc1cc2cccc(C)c2[nH]c1=O)C(=S)NCCC[NH+](C)C. The molecule has 0 aliphatic heterocycles. The van der Waals surface area contributed by atoms with E-state index >= 15 is 0 Å². The molecule has 0 aliphatic carbocycles. The quantitative estimate of drug-likeness (QED) is 0.297. The van der Waals surface area contributed by atoms with Crippen molar-refractivity contribution in [2.24, 2.45) is 0 Å². The van der Waals surface area contributed by atoms with E-state index in [2.05, 4.69) is 43.1 Å². The van der Waals surface area contributed by atoms with Crippen molar-refractivity contribution in [3.8, 4) is 0 Å². The second-order valence-corrected chi connectivity index (χ2v) is 8.72. The van der Waals surface area contributed by atoms with E-state index in [4.69, 9.17) is 12.2 Å². The fourth-order valence-electron chi connectivity index (χ4n) is 3.65. The first-order chi connectivity index (χ1) is 14.3. The number of quaternary nitrogens is 2. The standard InChI is InChI=1S/C23H37N5OS/c1-6-27(7-2)14-15-28(23(30)24-12-9-13-26(4)5)17-20-16-19-11-8-10-18(3)21(19)25-22(20)29/h8,10-11,16H,6-7,9,12-15,17H2,1-5H3,(H,24,30)(H,25,29)/p+2. The maximum Gasteiger partial charge on any atom is 0.253 e. The largest absolute Gasteiger partial charge is 0.362 e. The number of pyridine rings is 1. The fraction of sp³-hybridized carbons (Fsp3) is 0.565. The van der Waals surface area contributed by atoms with E-state index in [0.717, 1.165) is 72.8 Å². The van der Waals surface area contributed by atoms with Gasteiger partial charge in [-0.3, -0.25) is 4.79 Å². The van der Waals surface area contributed by atoms with Crippen LogP contribution in [0.5, 0.6) is 0 Å². The predicted molar refractivity (Wildman–Crippen MR) is 130 cm³/mol. The minimum Gasteiger partial charge on any atom is -0.362 e. The molecule has 0 radical (unpaired) electrons. The molecule has 0 amide bonds. The third kappa shape index (κ3) is 7.07. The van der Waals surface area contributed by atoms with Gasteiger partial charge in [-0.2, -0.15) is 0 Å². The molecule has 0 fully saturated rings. The number of H-pyrrole nitrogens is 1. The van der Waals surface area contributed by atoms with E-state index in [1.807, 2.05) is 31.2 Å². The minimum atomic E-state index is -0.0315. The number of hydrogen-bond donors (Lipinski definition) is 4. The van der Waals surface area contributed by atoms with Gasteiger partial charge in [0, 0.05) is 18.5 Å². The fourth-order valence-corrected chi connectivity index (χ4v) is 3.91. The molecular formula is C23H39N5OS+2. The van der Waals surface area contributed by atoms with Crippen LogP contribution < -0.4 is 20.7 Å². The number of aromatic amines is 1. The Morgan fingerprint density at radius 2 is 1.93 bits per heavy atom. The van der Waals surface area contributed by atoms with Gasteiger partial charge < -0.3 is 25.0 Å². The molecule has 2 aromatic rings. The van der Waals surface area contributed by atoms with Crippen LogP contribution in [-0.4, -0.2) is 68.4 Å². The second-order valence-electron chi connectivity index (χ2n) is 8.33. The Morgan fingerprint density at radius 3 is 2.60 bits per heavy atom. The van der Waals surface area contributed by atoms with Crippen molar-refractivity contribution in [1.82, 2.24) is 15.2 Å². The van der Waals surface area contributed by atoms with Gasteiger partial charge in [0.05, 0.1) is 58.9 Å². The van der Waals surface area contributed by atoms with Crippen LogP contribution in [-0.2, 0) is 6.54 Å². The maximum absolute atomic E-state index is 12.8. The van der Waals surface area contributed by atoms with Gasteiger partial charge in [0.1, 0.15) is 0 Å². The van der Waals surface area contributed by atoms with E-state index in [1.54, 1.807) is 0 Å². The highest BCUT2D eigenvalue weighted by atomic mass is 32.1. The summed E-state index contributed by atoms with van der Waals surface area (Å²) in [4.78, 5) is 21.0. The van der Waals surface area contributed by atoms with Crippen LogP contribution in [0.1, 0.15) is 31.4 Å². The van der Waals surface area contributed by atoms with Crippen molar-refractivity contribution >= 4 is 28.2 Å². The Labute approximate surface area is 186 Å². The summed E-state index contributed by atoms with van der Waals surface area (Å²) in [7, 11) is 4.32. The third-order valence-electron chi connectivity index (χ3n) is 5.68. The van der Waals surface area contributed by atoms with Crippen LogP contribution in [0.3, 0.4) is 0 Å². The first-order valence-corrected chi connectivity index (χ1v) is 11.5. The van der Waals surface area contributed by atoms with Crippen molar-refractivity contribution in [3.05, 3.63) is 45.7 Å². The Hall–Kier alpha value is -1.96. The van der Waals surface area contributed by atoms with E-state index in [1.165, 1.54) is 9.80 Å². The van der Waals surface area contributed by atoms with Crippen molar-refractivity contribution in [2.75, 3.05) is 53.4 Å². The number of hydrogen-bond acceptors (Lipinski definition) is 2. The van der Waals surface area contributed by atoms with Crippen LogP contribution in [0.2, 0.25) is 0 Å². The zero-order valence-corrected chi connectivity index (χ0v) is 20.0. The first kappa shape index (κ1) is 24.3. The molecule has 0 unspecified atom stereocenters. The monoisotopic (exact) mass is 433 g/mol. The Bertz CT molecular complexity index is 876. The molecule has 0 spiro atoms. The van der Waals surface area contributed by atoms with Gasteiger partial charge in [0.15, 0.2) is 5.11 Å². The summed E-state index contributed by atoms with van der Waals surface area (Å²) >= 11 is 5.72. The van der Waals surface area contributed by atoms with Crippen molar-refractivity contribution in [3.63, 3.8) is 0 Å². The van der Waals surface area contributed by atoms with Crippen molar-refractivity contribution in [2.45, 2.75) is 33.7 Å². The van der Waals surface area contributed by atoms with Gasteiger partial charge in [-0.1, -0.05) is 18.2 Å². The molecule has 30 heavy (non-hydrogen) atoms. The number of thiocarbonyl (C=S) groups is 1. The van der Waals surface area contributed by atoms with E-state index in [0.29, 0.717) is 6.54 Å². The number of rotatable bonds is 11. The zero-order chi connectivity index (χ0) is 22.1. The molecule has 0 aliphatic rings. The molecule has 0 bridgehead atoms. The number of aryl methyl sites for hydroxylation is 1. The molecule has 0 saturated heterocycles. The Kier molecular flexibility index (Phi) is 9.75. The molecule has 4 N–H and O–H groups in total. The molecule has 166 valence electrons. The topological polar surface area (TPSA) is 57.0 Å². The minimum absolute atomic E-state index is 0.0315. The van der Waals surface area contributed by atoms with Crippen LogP contribution in [0.4, 0.5) is 0 Å². The van der Waals surface area contributed by atoms with Gasteiger partial charge in [-0.15, -0.1) is 0 Å². The lowest BCUT2D eigenvalue weighted by Gasteiger charge is -2.27. The summed E-state index contributed by atoms with van der Waals surface area (Å²) in [6, 6.07) is 8.11. The molecule has 6 nitrogen and oxygen atoms in total. The highest BCUT2D eigenvalue weighted by Crippen LogP contribution is 2.15. The summed E-state index contributed by atoms with van der Waals surface area (Å²) in [5.41, 5.74) is 2.72. The zero-order valence-electron chi connectivity index (χ0n) is 19.2. The number of aromatic nitrogens is 1. The lowest BCUT2D eigenvalue weighted by molar-refractivity contribution is -0.895. The number of para-hydroxylation sites is 1. The Morgan fingerprint density at radius 1 is 1.20 bits per heavy atom. The lowest BCUT2D eigenvalue weighted by Crippen LogP contribution is -3.12. The van der Waals surface area contributed by atoms with Crippen molar-refractivity contribution in [1.29, 1.82) is 0 Å². The molecule has 1 heterocycles. The molecule has 7 heteroatoms. The normalized spacial score (nSPS) is 11.4. The molecule has 1 aromatic heterocycles. The van der Waals surface area contributed by atoms with Gasteiger partial charge in [-0.25, -0.2) is 0 Å². The van der Waals surface area contributed by atoms with Gasteiger partial charge in [0.25, 0.3) is 5.56 Å². The highest BCUT2D eigenvalue weighted by molar-refractivity contribution is 7.80. The van der Waals surface area contributed by atoms with Crippen LogP contribution >= 0.6 is 12.2 Å². The molecule has 0 saturated carbocycles.